The van der Waals surface area contributed by atoms with Gasteiger partial charge in [0.15, 0.2) is 0 Å². The van der Waals surface area contributed by atoms with Gasteiger partial charge in [0.25, 0.3) is 0 Å². The Kier molecular flexibility index (Phi) is 2.49. The summed E-state index contributed by atoms with van der Waals surface area (Å²) >= 11 is 0. The van der Waals surface area contributed by atoms with Crippen LogP contribution in [0.4, 0.5) is 5.82 Å². The van der Waals surface area contributed by atoms with E-state index >= 15 is 0 Å². The lowest BCUT2D eigenvalue weighted by Gasteiger charge is -2.27. The topological polar surface area (TPSA) is 41.9 Å². The van der Waals surface area contributed by atoms with Crippen molar-refractivity contribution in [1.82, 2.24) is 15.1 Å². The molecule has 1 aromatic rings. The Morgan fingerprint density at radius 1 is 1.69 bits per heavy atom. The molecule has 1 aromatic heterocycles. The van der Waals surface area contributed by atoms with E-state index in [1.165, 1.54) is 19.5 Å². The van der Waals surface area contributed by atoms with Gasteiger partial charge in [-0.05, 0) is 25.4 Å². The smallest absolute Gasteiger partial charge is 0.123 e. The van der Waals surface area contributed by atoms with E-state index in [1.54, 1.807) is 0 Å². The lowest BCUT2D eigenvalue weighted by atomic mass is 10.00. The zero-order valence-electron chi connectivity index (χ0n) is 7.95. The van der Waals surface area contributed by atoms with Crippen LogP contribution in [-0.2, 0) is 7.05 Å². The number of aromatic nitrogens is 2. The van der Waals surface area contributed by atoms with Gasteiger partial charge in [-0.3, -0.25) is 4.68 Å². The second-order valence-electron chi connectivity index (χ2n) is 3.58. The summed E-state index contributed by atoms with van der Waals surface area (Å²) in [4.78, 5) is 0. The molecule has 0 saturated carbocycles. The Bertz CT molecular complexity index is 264. The first-order valence-electron chi connectivity index (χ1n) is 4.79. The quantitative estimate of drug-likeness (QED) is 0.706. The number of hydrogen-bond acceptors (Lipinski definition) is 3. The van der Waals surface area contributed by atoms with E-state index in [9.17, 15) is 0 Å². The van der Waals surface area contributed by atoms with Gasteiger partial charge < -0.3 is 10.6 Å². The first-order valence-corrected chi connectivity index (χ1v) is 4.79. The third kappa shape index (κ3) is 2.01. The molecule has 0 spiro atoms. The normalized spacial score (nSPS) is 17.0. The molecular formula is C9H16N4. The summed E-state index contributed by atoms with van der Waals surface area (Å²) in [7, 11) is 1.95. The zero-order chi connectivity index (χ0) is 9.10. The molecule has 2 rings (SSSR count). The minimum Gasteiger partial charge on any atom is -0.370 e. The maximum atomic E-state index is 4.09. The second kappa shape index (κ2) is 3.79. The Hall–Kier alpha value is -1.03. The van der Waals surface area contributed by atoms with Crippen LogP contribution in [0.15, 0.2) is 12.3 Å². The van der Waals surface area contributed by atoms with Crippen LogP contribution in [0.1, 0.15) is 6.42 Å². The summed E-state index contributed by atoms with van der Waals surface area (Å²) in [5.41, 5.74) is 0. The first kappa shape index (κ1) is 8.56. The molecule has 4 nitrogen and oxygen atoms in total. The van der Waals surface area contributed by atoms with Gasteiger partial charge in [0.2, 0.25) is 0 Å². The fourth-order valence-electron chi connectivity index (χ4n) is 1.50. The second-order valence-corrected chi connectivity index (χ2v) is 3.58. The highest BCUT2D eigenvalue weighted by Gasteiger charge is 2.15. The van der Waals surface area contributed by atoms with E-state index in [0.717, 1.165) is 18.3 Å². The molecule has 2 heterocycles. The first-order chi connectivity index (χ1) is 6.36. The molecule has 1 aliphatic rings. The third-order valence-electron chi connectivity index (χ3n) is 2.55. The summed E-state index contributed by atoms with van der Waals surface area (Å²) in [5, 5.41) is 10.7. The van der Waals surface area contributed by atoms with Crippen molar-refractivity contribution in [3.05, 3.63) is 12.3 Å². The predicted octanol–water partition coefficient (Wildman–Crippen LogP) is 0.441. The number of aryl methyl sites for hydroxylation is 1. The number of anilines is 1. The van der Waals surface area contributed by atoms with Gasteiger partial charge in [0, 0.05) is 19.7 Å². The number of rotatable bonds is 4. The Morgan fingerprint density at radius 2 is 2.54 bits per heavy atom. The van der Waals surface area contributed by atoms with Crippen LogP contribution < -0.4 is 10.6 Å². The summed E-state index contributed by atoms with van der Waals surface area (Å²) in [6, 6.07) is 2.00. The van der Waals surface area contributed by atoms with Gasteiger partial charge in [-0.25, -0.2) is 0 Å². The van der Waals surface area contributed by atoms with Crippen molar-refractivity contribution in [2.24, 2.45) is 13.0 Å². The monoisotopic (exact) mass is 180 g/mol. The van der Waals surface area contributed by atoms with E-state index < -0.39 is 0 Å². The molecule has 1 aliphatic heterocycles. The maximum absolute atomic E-state index is 4.09. The summed E-state index contributed by atoms with van der Waals surface area (Å²) < 4.78 is 1.86. The third-order valence-corrected chi connectivity index (χ3v) is 2.55. The minimum absolute atomic E-state index is 0.876. The molecule has 0 aromatic carbocycles. The van der Waals surface area contributed by atoms with Crippen molar-refractivity contribution in [2.45, 2.75) is 6.42 Å². The average Bonchev–Trinajstić information content (AvgIpc) is 2.42. The molecule has 0 amide bonds. The molecular weight excluding hydrogens is 164 g/mol. The van der Waals surface area contributed by atoms with Crippen molar-refractivity contribution in [1.29, 1.82) is 0 Å². The van der Waals surface area contributed by atoms with Crippen LogP contribution in [0.5, 0.6) is 0 Å². The summed E-state index contributed by atoms with van der Waals surface area (Å²) in [5.74, 6) is 1.98. The van der Waals surface area contributed by atoms with E-state index in [0.29, 0.717) is 0 Å². The largest absolute Gasteiger partial charge is 0.370 e. The van der Waals surface area contributed by atoms with Gasteiger partial charge in [-0.15, -0.1) is 0 Å². The molecule has 13 heavy (non-hydrogen) atoms. The SMILES string of the molecule is Cn1nccc1NCCC1CNC1. The van der Waals surface area contributed by atoms with Crippen LogP contribution in [0, 0.1) is 5.92 Å². The Labute approximate surface area is 78.3 Å². The Balaban J connectivity index is 1.70. The molecule has 4 heteroatoms. The highest BCUT2D eigenvalue weighted by molar-refractivity contribution is 5.33. The van der Waals surface area contributed by atoms with E-state index in [4.69, 9.17) is 0 Å². The van der Waals surface area contributed by atoms with Crippen molar-refractivity contribution >= 4 is 5.82 Å². The predicted molar refractivity (Wildman–Crippen MR) is 52.7 cm³/mol. The molecule has 0 radical (unpaired) electrons. The molecule has 72 valence electrons. The van der Waals surface area contributed by atoms with Crippen LogP contribution >= 0.6 is 0 Å². The minimum atomic E-state index is 0.876. The van der Waals surface area contributed by atoms with E-state index in [1.807, 2.05) is 24.0 Å². The molecule has 0 atom stereocenters. The number of nitrogens with one attached hydrogen (secondary N) is 2. The van der Waals surface area contributed by atoms with Crippen LogP contribution in [0.2, 0.25) is 0 Å². The van der Waals surface area contributed by atoms with E-state index in [-0.39, 0.29) is 0 Å². The lowest BCUT2D eigenvalue weighted by molar-refractivity contribution is 0.334. The van der Waals surface area contributed by atoms with Crippen LogP contribution in [-0.4, -0.2) is 29.4 Å². The molecule has 0 aliphatic carbocycles. The van der Waals surface area contributed by atoms with Crippen molar-refractivity contribution < 1.29 is 0 Å². The van der Waals surface area contributed by atoms with Crippen molar-refractivity contribution in [3.63, 3.8) is 0 Å². The Morgan fingerprint density at radius 3 is 3.08 bits per heavy atom. The number of nitrogens with zero attached hydrogens (tertiary/aromatic N) is 2. The fourth-order valence-corrected chi connectivity index (χ4v) is 1.50. The molecule has 0 unspecified atom stereocenters. The van der Waals surface area contributed by atoms with E-state index in [2.05, 4.69) is 15.7 Å². The van der Waals surface area contributed by atoms with Crippen molar-refractivity contribution in [3.8, 4) is 0 Å². The lowest BCUT2D eigenvalue weighted by Crippen LogP contribution is -2.42. The van der Waals surface area contributed by atoms with Crippen LogP contribution in [0.25, 0.3) is 0 Å². The summed E-state index contributed by atoms with van der Waals surface area (Å²) in [6.45, 7) is 3.42. The van der Waals surface area contributed by atoms with Crippen LogP contribution in [0.3, 0.4) is 0 Å². The number of hydrogen-bond donors (Lipinski definition) is 2. The standard InChI is InChI=1S/C9H16N4/c1-13-9(3-5-12-13)11-4-2-8-6-10-7-8/h3,5,8,10-11H,2,4,6-7H2,1H3. The average molecular weight is 180 g/mol. The van der Waals surface area contributed by atoms with Gasteiger partial charge in [-0.2, -0.15) is 5.10 Å². The highest BCUT2D eigenvalue weighted by Crippen LogP contribution is 2.09. The molecule has 1 saturated heterocycles. The van der Waals surface area contributed by atoms with Gasteiger partial charge in [-0.1, -0.05) is 0 Å². The van der Waals surface area contributed by atoms with Gasteiger partial charge in [0.1, 0.15) is 5.82 Å². The highest BCUT2D eigenvalue weighted by atomic mass is 15.3. The van der Waals surface area contributed by atoms with Gasteiger partial charge in [0.05, 0.1) is 6.20 Å². The summed E-state index contributed by atoms with van der Waals surface area (Å²) in [6.07, 6.45) is 3.06. The zero-order valence-corrected chi connectivity index (χ0v) is 7.95. The molecule has 2 N–H and O–H groups in total. The van der Waals surface area contributed by atoms with Crippen molar-refractivity contribution in [2.75, 3.05) is 25.0 Å². The molecule has 1 fully saturated rings. The molecule has 0 bridgehead atoms. The maximum Gasteiger partial charge on any atom is 0.123 e. The van der Waals surface area contributed by atoms with Gasteiger partial charge >= 0.3 is 0 Å². The fraction of sp³-hybridized carbons (Fsp3) is 0.667.